The molecule has 0 bridgehead atoms. The molecule has 0 aromatic heterocycles. The number of anilines is 3. The first-order valence-electron chi connectivity index (χ1n) is 16.6. The third-order valence-corrected chi connectivity index (χ3v) is 9.93. The van der Waals surface area contributed by atoms with E-state index in [9.17, 15) is 33.2 Å². The molecule has 0 aliphatic carbocycles. The zero-order valence-electron chi connectivity index (χ0n) is 30.0. The predicted octanol–water partition coefficient (Wildman–Crippen LogP) is 13.4. The van der Waals surface area contributed by atoms with Crippen molar-refractivity contribution in [3.05, 3.63) is 192 Å². The van der Waals surface area contributed by atoms with Crippen LogP contribution in [0.1, 0.15) is 62.1 Å². The summed E-state index contributed by atoms with van der Waals surface area (Å²) in [6.45, 7) is 0. The van der Waals surface area contributed by atoms with E-state index in [1.54, 1.807) is 72.8 Å². The molecule has 0 atom stereocenters. The summed E-state index contributed by atoms with van der Waals surface area (Å²) < 4.78 is 12.9. The Morgan fingerprint density at radius 3 is 1.25 bits per heavy atom. The van der Waals surface area contributed by atoms with Crippen molar-refractivity contribution in [2.24, 2.45) is 0 Å². The lowest BCUT2D eigenvalue weighted by molar-refractivity contribution is 0.101. The third-order valence-electron chi connectivity index (χ3n) is 7.59. The van der Waals surface area contributed by atoms with Gasteiger partial charge in [0.05, 0.1) is 36.2 Å². The summed E-state index contributed by atoms with van der Waals surface area (Å²) in [6.07, 6.45) is 0. The summed E-state index contributed by atoms with van der Waals surface area (Å²) in [6, 6.07) is 31.5. The highest BCUT2D eigenvalue weighted by Crippen LogP contribution is 2.26. The number of benzene rings is 6. The minimum atomic E-state index is -0.624. The van der Waals surface area contributed by atoms with Crippen LogP contribution in [0.15, 0.2) is 127 Å². The molecule has 9 nitrogen and oxygen atoms in total. The standard InChI is InChI=1S/2C14H8Cl3NO2.C14H8Cl2FNO2/c15-10-5-2-6-11(16)12(10)14(20)18-9-4-1-3-8(7-9)13(17)19;15-11-5-4-9(7-12(11)16)14(20)18-10-3-1-2-8(6-10)13(17)19;15-12-7-9(17)4-5-11(12)14(20)18-10-3-1-2-8(6-10)13(16)19/h3*1-7H,(H,18,20). The number of nitrogens with one attached hydrogen (secondary N) is 3. The molecule has 0 unspecified atom stereocenters. The number of rotatable bonds is 9. The Morgan fingerprint density at radius 2 is 0.817 bits per heavy atom. The molecular weight excluding hydrogens is 945 g/mol. The lowest BCUT2D eigenvalue weighted by Crippen LogP contribution is -2.13. The van der Waals surface area contributed by atoms with Gasteiger partial charge in [-0.15, -0.1) is 0 Å². The summed E-state index contributed by atoms with van der Waals surface area (Å²) in [4.78, 5) is 69.3. The largest absolute Gasteiger partial charge is 0.322 e. The van der Waals surface area contributed by atoms with Crippen molar-refractivity contribution >= 4 is 143 Å². The normalized spacial score (nSPS) is 10.2. The number of hydrogen-bond acceptors (Lipinski definition) is 6. The monoisotopic (exact) mass is 965 g/mol. The van der Waals surface area contributed by atoms with Crippen molar-refractivity contribution in [1.29, 1.82) is 0 Å². The maximum Gasteiger partial charge on any atom is 0.258 e. The van der Waals surface area contributed by atoms with Gasteiger partial charge in [0.2, 0.25) is 0 Å². The van der Waals surface area contributed by atoms with Crippen LogP contribution in [0.25, 0.3) is 0 Å². The van der Waals surface area contributed by atoms with Crippen molar-refractivity contribution in [1.82, 2.24) is 0 Å². The van der Waals surface area contributed by atoms with Gasteiger partial charge >= 0.3 is 0 Å². The molecule has 306 valence electrons. The lowest BCUT2D eigenvalue weighted by Gasteiger charge is -2.08. The first-order chi connectivity index (χ1) is 28.4. The van der Waals surface area contributed by atoms with Gasteiger partial charge in [-0.05, 0) is 138 Å². The average Bonchev–Trinajstić information content (AvgIpc) is 3.19. The van der Waals surface area contributed by atoms with Crippen LogP contribution in [0.3, 0.4) is 0 Å². The molecule has 0 fully saturated rings. The van der Waals surface area contributed by atoms with E-state index in [0.29, 0.717) is 38.2 Å². The molecule has 0 radical (unpaired) electrons. The van der Waals surface area contributed by atoms with Crippen LogP contribution in [-0.4, -0.2) is 33.4 Å². The van der Waals surface area contributed by atoms with Gasteiger partial charge in [-0.2, -0.15) is 0 Å². The van der Waals surface area contributed by atoms with E-state index in [2.05, 4.69) is 16.0 Å². The predicted molar refractivity (Wildman–Crippen MR) is 238 cm³/mol. The van der Waals surface area contributed by atoms with Gasteiger partial charge in [-0.1, -0.05) is 82.3 Å². The van der Waals surface area contributed by atoms with Crippen molar-refractivity contribution in [3.63, 3.8) is 0 Å². The highest BCUT2D eigenvalue weighted by atomic mass is 35.5. The Labute approximate surface area is 381 Å². The number of carbonyl (C=O) groups excluding carboxylic acids is 6. The Bertz CT molecular complexity index is 2610. The first-order valence-corrected chi connectivity index (χ1v) is 19.6. The van der Waals surface area contributed by atoms with Gasteiger partial charge in [-0.3, -0.25) is 28.8 Å². The van der Waals surface area contributed by atoms with Crippen LogP contribution in [-0.2, 0) is 0 Å². The Balaban J connectivity index is 0.000000198. The molecule has 6 aromatic carbocycles. The van der Waals surface area contributed by atoms with Crippen LogP contribution in [0.2, 0.25) is 25.1 Å². The minimum Gasteiger partial charge on any atom is -0.322 e. The summed E-state index contributed by atoms with van der Waals surface area (Å²) >= 11 is 45.5. The average molecular weight is 969 g/mol. The van der Waals surface area contributed by atoms with Crippen LogP contribution in [0.5, 0.6) is 0 Å². The molecule has 0 heterocycles. The second kappa shape index (κ2) is 22.6. The molecule has 6 aromatic rings. The molecule has 3 amide bonds. The van der Waals surface area contributed by atoms with Crippen LogP contribution >= 0.6 is 92.8 Å². The Kier molecular flexibility index (Phi) is 17.9. The zero-order chi connectivity index (χ0) is 44.1. The second-order valence-corrected chi connectivity index (χ2v) is 14.8. The highest BCUT2D eigenvalue weighted by molar-refractivity contribution is 6.68. The van der Waals surface area contributed by atoms with Crippen LogP contribution < -0.4 is 16.0 Å². The quantitative estimate of drug-likeness (QED) is 0.123. The van der Waals surface area contributed by atoms with E-state index in [0.717, 1.165) is 12.1 Å². The molecule has 0 spiro atoms. The fourth-order valence-electron chi connectivity index (χ4n) is 4.78. The van der Waals surface area contributed by atoms with Crippen molar-refractivity contribution < 1.29 is 33.2 Å². The number of amides is 3. The number of halogens is 9. The van der Waals surface area contributed by atoms with E-state index >= 15 is 0 Å². The fourth-order valence-corrected chi connectivity index (χ4v) is 6.25. The molecule has 60 heavy (non-hydrogen) atoms. The number of carbonyl (C=O) groups is 6. The van der Waals surface area contributed by atoms with Gasteiger partial charge in [-0.25, -0.2) is 4.39 Å². The third kappa shape index (κ3) is 14.0. The van der Waals surface area contributed by atoms with E-state index < -0.39 is 33.4 Å². The Morgan fingerprint density at radius 1 is 0.383 bits per heavy atom. The maximum atomic E-state index is 12.9. The summed E-state index contributed by atoms with van der Waals surface area (Å²) in [7, 11) is 0. The molecule has 0 aliphatic heterocycles. The van der Waals surface area contributed by atoms with Gasteiger partial charge < -0.3 is 16.0 Å². The van der Waals surface area contributed by atoms with E-state index in [1.807, 2.05) is 0 Å². The van der Waals surface area contributed by atoms with Crippen LogP contribution in [0, 0.1) is 5.82 Å². The molecule has 18 heteroatoms. The van der Waals surface area contributed by atoms with Crippen molar-refractivity contribution in [3.8, 4) is 0 Å². The summed E-state index contributed by atoms with van der Waals surface area (Å²) in [5, 5.41) is 7.18. The highest BCUT2D eigenvalue weighted by Gasteiger charge is 2.16. The molecule has 0 aliphatic rings. The summed E-state index contributed by atoms with van der Waals surface area (Å²) in [5.41, 5.74) is 2.81. The van der Waals surface area contributed by atoms with Gasteiger partial charge in [0.1, 0.15) is 5.82 Å². The molecule has 6 rings (SSSR count). The molecular formula is C42H24Cl8FN3O6. The SMILES string of the molecule is O=C(Cl)c1cccc(NC(=O)c2c(Cl)cccc2Cl)c1.O=C(Cl)c1cccc(NC(=O)c2ccc(Cl)c(Cl)c2)c1.O=C(Cl)c1cccc(NC(=O)c2ccc(F)cc2Cl)c1. The maximum absolute atomic E-state index is 12.9. The van der Waals surface area contributed by atoms with Gasteiger partial charge in [0.15, 0.2) is 0 Å². The fraction of sp³-hybridized carbons (Fsp3) is 0. The minimum absolute atomic E-state index is 0.00655. The van der Waals surface area contributed by atoms with Gasteiger partial charge in [0, 0.05) is 39.3 Å². The zero-order valence-corrected chi connectivity index (χ0v) is 36.0. The lowest BCUT2D eigenvalue weighted by atomic mass is 10.2. The van der Waals surface area contributed by atoms with Crippen molar-refractivity contribution in [2.45, 2.75) is 0 Å². The number of hydrogen-bond donors (Lipinski definition) is 3. The van der Waals surface area contributed by atoms with Crippen molar-refractivity contribution in [2.75, 3.05) is 16.0 Å². The molecule has 0 saturated carbocycles. The smallest absolute Gasteiger partial charge is 0.258 e. The van der Waals surface area contributed by atoms with E-state index in [4.69, 9.17) is 92.8 Å². The molecule has 0 saturated heterocycles. The van der Waals surface area contributed by atoms with E-state index in [-0.39, 0.29) is 43.2 Å². The summed E-state index contributed by atoms with van der Waals surface area (Å²) in [5.74, 6) is -1.85. The topological polar surface area (TPSA) is 139 Å². The van der Waals surface area contributed by atoms with E-state index in [1.165, 1.54) is 42.5 Å². The van der Waals surface area contributed by atoms with Gasteiger partial charge in [0.25, 0.3) is 33.4 Å². The molecule has 3 N–H and O–H groups in total. The first kappa shape index (κ1) is 47.7. The Hall–Kier alpha value is -5.01. The second-order valence-electron chi connectivity index (χ2n) is 11.8. The van der Waals surface area contributed by atoms with Crippen LogP contribution in [0.4, 0.5) is 21.5 Å².